The van der Waals surface area contributed by atoms with Crippen molar-refractivity contribution in [3.63, 3.8) is 0 Å². The Morgan fingerprint density at radius 2 is 2.12 bits per heavy atom. The van der Waals surface area contributed by atoms with Crippen LogP contribution < -0.4 is 10.5 Å². The van der Waals surface area contributed by atoms with E-state index in [1.54, 1.807) is 0 Å². The minimum Gasteiger partial charge on any atom is -0.479 e. The Bertz CT molecular complexity index is 1190. The lowest BCUT2D eigenvalue weighted by Crippen LogP contribution is -2.47. The first kappa shape index (κ1) is 21.3. The summed E-state index contributed by atoms with van der Waals surface area (Å²) in [6, 6.07) is 9.21. The van der Waals surface area contributed by atoms with Gasteiger partial charge in [0, 0.05) is 0 Å². The number of rotatable bonds is 5. The van der Waals surface area contributed by atoms with Gasteiger partial charge in [-0.3, -0.25) is 18.1 Å². The van der Waals surface area contributed by atoms with E-state index in [2.05, 4.69) is 15.0 Å². The number of benzene rings is 1. The monoisotopic (exact) mass is 463 g/mol. The highest BCUT2D eigenvalue weighted by atomic mass is 31.2. The van der Waals surface area contributed by atoms with Crippen LogP contribution >= 0.6 is 7.82 Å². The Morgan fingerprint density at radius 3 is 2.88 bits per heavy atom. The zero-order chi connectivity index (χ0) is 22.5. The van der Waals surface area contributed by atoms with Crippen molar-refractivity contribution in [1.82, 2.24) is 19.5 Å². The predicted molar refractivity (Wildman–Crippen MR) is 110 cm³/mol. The van der Waals surface area contributed by atoms with E-state index in [0.717, 1.165) is 5.56 Å². The number of fused-ring (bicyclic) bond motifs is 2. The van der Waals surface area contributed by atoms with E-state index in [4.69, 9.17) is 28.8 Å². The molecule has 3 aromatic rings. The molecule has 2 aliphatic heterocycles. The number of nitrogens with zero attached hydrogens (tertiary/aromatic N) is 4. The van der Waals surface area contributed by atoms with Crippen molar-refractivity contribution in [3.05, 3.63) is 42.2 Å². The number of aromatic nitrogens is 4. The third-order valence-corrected chi connectivity index (χ3v) is 6.84. The lowest BCUT2D eigenvalue weighted by Gasteiger charge is -2.35. The number of methoxy groups -OCH3 is 1. The second kappa shape index (κ2) is 7.77. The standard InChI is InChI=1S/C19H22N5O7P/c1-19(25)14-12(9-29-32(26,31-14)28-8-11-6-4-3-5-7-11)30-17(19)24-10-21-13-15(24)22-18(20)23-16(13)27-2/h3-7,10,12,14,17,25H,8-9H2,1-2H3,(H2,20,22,23)/t12-,14-,17-,19-,32?/m1/s1. The van der Waals surface area contributed by atoms with Gasteiger partial charge in [-0.1, -0.05) is 30.3 Å². The molecule has 3 N–H and O–H groups in total. The minimum atomic E-state index is -3.93. The number of nitrogen functional groups attached to an aromatic ring is 1. The molecule has 5 atom stereocenters. The number of imidazole rings is 1. The van der Waals surface area contributed by atoms with Gasteiger partial charge in [0.1, 0.15) is 17.8 Å². The van der Waals surface area contributed by atoms with Crippen LogP contribution in [0, 0.1) is 0 Å². The van der Waals surface area contributed by atoms with Crippen LogP contribution in [0.5, 0.6) is 5.88 Å². The molecule has 0 spiro atoms. The van der Waals surface area contributed by atoms with Gasteiger partial charge in [-0.05, 0) is 12.5 Å². The predicted octanol–water partition coefficient (Wildman–Crippen LogP) is 1.81. The van der Waals surface area contributed by atoms with Gasteiger partial charge in [0.2, 0.25) is 11.8 Å². The summed E-state index contributed by atoms with van der Waals surface area (Å²) >= 11 is 0. The maximum atomic E-state index is 13.1. The Morgan fingerprint density at radius 1 is 1.34 bits per heavy atom. The maximum Gasteiger partial charge on any atom is 0.475 e. The second-order valence-electron chi connectivity index (χ2n) is 7.70. The first-order valence-corrected chi connectivity index (χ1v) is 11.3. The summed E-state index contributed by atoms with van der Waals surface area (Å²) in [5.74, 6) is 0.171. The SMILES string of the molecule is COc1nc(N)nc2c1ncn2[C@@H]1O[C@@H]2COP(=O)(OCc3ccccc3)O[C@H]2[C@@]1(C)O. The summed E-state index contributed by atoms with van der Waals surface area (Å²) in [6.07, 6.45) is -1.23. The molecule has 0 radical (unpaired) electrons. The highest BCUT2D eigenvalue weighted by Crippen LogP contribution is 2.59. The molecule has 1 unspecified atom stereocenters. The van der Waals surface area contributed by atoms with Crippen molar-refractivity contribution in [2.45, 2.75) is 37.6 Å². The Hall–Kier alpha value is -2.60. The van der Waals surface area contributed by atoms with Crippen LogP contribution in [-0.4, -0.2) is 56.2 Å². The Kier molecular flexibility index (Phi) is 5.16. The largest absolute Gasteiger partial charge is 0.479 e. The number of ether oxygens (including phenoxy) is 2. The molecular formula is C19H22N5O7P. The van der Waals surface area contributed by atoms with Crippen LogP contribution in [0.15, 0.2) is 36.7 Å². The molecular weight excluding hydrogens is 441 g/mol. The molecule has 1 aromatic carbocycles. The summed E-state index contributed by atoms with van der Waals surface area (Å²) < 4.78 is 42.3. The average molecular weight is 463 g/mol. The molecule has 13 heteroatoms. The van der Waals surface area contributed by atoms with E-state index >= 15 is 0 Å². The van der Waals surface area contributed by atoms with E-state index in [1.807, 2.05) is 30.3 Å². The summed E-state index contributed by atoms with van der Waals surface area (Å²) in [4.78, 5) is 12.5. The number of phosphoric ester groups is 1. The fourth-order valence-electron chi connectivity index (χ4n) is 3.89. The molecule has 5 rings (SSSR count). The third kappa shape index (κ3) is 3.54. The highest BCUT2D eigenvalue weighted by Gasteiger charge is 2.60. The fourth-order valence-corrected chi connectivity index (χ4v) is 5.35. The van der Waals surface area contributed by atoms with Gasteiger partial charge in [-0.15, -0.1) is 0 Å². The lowest BCUT2D eigenvalue weighted by molar-refractivity contribution is -0.0911. The zero-order valence-electron chi connectivity index (χ0n) is 17.3. The minimum absolute atomic E-state index is 0.0236. The molecule has 170 valence electrons. The van der Waals surface area contributed by atoms with E-state index in [-0.39, 0.29) is 25.0 Å². The van der Waals surface area contributed by atoms with Crippen molar-refractivity contribution in [3.8, 4) is 5.88 Å². The van der Waals surface area contributed by atoms with Gasteiger partial charge in [0.25, 0.3) is 0 Å². The van der Waals surface area contributed by atoms with Gasteiger partial charge >= 0.3 is 7.82 Å². The third-order valence-electron chi connectivity index (χ3n) is 5.44. The van der Waals surface area contributed by atoms with E-state index in [9.17, 15) is 9.67 Å². The molecule has 4 heterocycles. The van der Waals surface area contributed by atoms with E-state index < -0.39 is 31.9 Å². The smallest absolute Gasteiger partial charge is 0.475 e. The first-order valence-electron chi connectivity index (χ1n) is 9.84. The van der Waals surface area contributed by atoms with Crippen molar-refractivity contribution in [2.75, 3.05) is 19.5 Å². The van der Waals surface area contributed by atoms with Crippen LogP contribution in [0.25, 0.3) is 11.2 Å². The number of anilines is 1. The first-order chi connectivity index (χ1) is 15.3. The maximum absolute atomic E-state index is 13.1. The van der Waals surface area contributed by atoms with Crippen LogP contribution in [0.4, 0.5) is 5.95 Å². The van der Waals surface area contributed by atoms with Gasteiger partial charge in [-0.25, -0.2) is 9.55 Å². The molecule has 0 bridgehead atoms. The van der Waals surface area contributed by atoms with Crippen LogP contribution in [0.2, 0.25) is 0 Å². The van der Waals surface area contributed by atoms with Crippen molar-refractivity contribution in [1.29, 1.82) is 0 Å². The van der Waals surface area contributed by atoms with Gasteiger partial charge in [0.15, 0.2) is 17.4 Å². The molecule has 12 nitrogen and oxygen atoms in total. The normalized spacial score (nSPS) is 32.2. The number of phosphoric acid groups is 1. The van der Waals surface area contributed by atoms with Gasteiger partial charge in [0.05, 0.1) is 26.7 Å². The van der Waals surface area contributed by atoms with Crippen LogP contribution in [0.3, 0.4) is 0 Å². The average Bonchev–Trinajstić information content (AvgIpc) is 3.30. The molecule has 0 amide bonds. The number of nitrogens with two attached hydrogens (primary N) is 1. The van der Waals surface area contributed by atoms with Gasteiger partial charge < -0.3 is 20.3 Å². The second-order valence-corrected chi connectivity index (χ2v) is 9.32. The van der Waals surface area contributed by atoms with Crippen molar-refractivity contribution >= 4 is 24.9 Å². The Labute approximate surface area is 182 Å². The molecule has 2 saturated heterocycles. The summed E-state index contributed by atoms with van der Waals surface area (Å²) in [7, 11) is -2.49. The number of aliphatic hydroxyl groups is 1. The lowest BCUT2D eigenvalue weighted by atomic mass is 9.96. The molecule has 0 aliphatic carbocycles. The highest BCUT2D eigenvalue weighted by molar-refractivity contribution is 7.48. The quantitative estimate of drug-likeness (QED) is 0.533. The molecule has 2 aliphatic rings. The summed E-state index contributed by atoms with van der Waals surface area (Å²) in [6.45, 7) is 1.46. The molecule has 32 heavy (non-hydrogen) atoms. The van der Waals surface area contributed by atoms with Crippen molar-refractivity contribution < 1.29 is 32.7 Å². The molecule has 2 fully saturated rings. The summed E-state index contributed by atoms with van der Waals surface area (Å²) in [5.41, 5.74) is 5.63. The van der Waals surface area contributed by atoms with E-state index in [1.165, 1.54) is 24.9 Å². The number of hydrogen-bond donors (Lipinski definition) is 2. The van der Waals surface area contributed by atoms with E-state index in [0.29, 0.717) is 11.2 Å². The zero-order valence-corrected chi connectivity index (χ0v) is 18.2. The molecule has 2 aromatic heterocycles. The topological polar surface area (TPSA) is 153 Å². The Balaban J connectivity index is 1.41. The number of hydrogen-bond acceptors (Lipinski definition) is 11. The van der Waals surface area contributed by atoms with Crippen LogP contribution in [-0.2, 0) is 29.5 Å². The summed E-state index contributed by atoms with van der Waals surface area (Å²) in [5, 5.41) is 11.4. The van der Waals surface area contributed by atoms with Crippen molar-refractivity contribution in [2.24, 2.45) is 0 Å². The molecule has 0 saturated carbocycles. The van der Waals surface area contributed by atoms with Gasteiger partial charge in [-0.2, -0.15) is 9.97 Å². The van der Waals surface area contributed by atoms with Crippen LogP contribution in [0.1, 0.15) is 18.7 Å². The fraction of sp³-hybridized carbons (Fsp3) is 0.421.